The third-order valence-corrected chi connectivity index (χ3v) is 5.23. The Labute approximate surface area is 220 Å². The predicted octanol–water partition coefficient (Wildman–Crippen LogP) is 2.62. The van der Waals surface area contributed by atoms with Gasteiger partial charge in [-0.1, -0.05) is 18.7 Å². The minimum absolute atomic E-state index is 0.0527. The number of hydrogen-bond donors (Lipinski definition) is 1. The van der Waals surface area contributed by atoms with Crippen molar-refractivity contribution in [3.8, 4) is 0 Å². The summed E-state index contributed by atoms with van der Waals surface area (Å²) in [4.78, 5) is 55.8. The number of esters is 1. The molecule has 15 heteroatoms. The maximum absolute atomic E-state index is 15.5. The van der Waals surface area contributed by atoms with E-state index in [0.29, 0.717) is 4.57 Å². The molecule has 1 saturated heterocycles. The van der Waals surface area contributed by atoms with Gasteiger partial charge in [0, 0.05) is 25.0 Å². The van der Waals surface area contributed by atoms with Gasteiger partial charge in [-0.15, -0.1) is 0 Å². The van der Waals surface area contributed by atoms with Crippen LogP contribution >= 0.6 is 0 Å². The van der Waals surface area contributed by atoms with Crippen LogP contribution in [0.1, 0.15) is 25.1 Å². The monoisotopic (exact) mass is 552 g/mol. The van der Waals surface area contributed by atoms with Crippen molar-refractivity contribution in [2.24, 2.45) is 0 Å². The first-order chi connectivity index (χ1) is 18.6. The molecule has 0 radical (unpaired) electrons. The standard InChI is InChI=1S/C24H26F2N4O9/c1-3-12-36-23(34)39-19-16(14-37-18(31)8-7-15-6-5-10-27-13-15)38-20(24(19,25)26)30-11-9-17(28-21(30)32)29-22(33)35-4-2/h3,5-6,9-11,13,16,19-20H,1,4,7-8,12,14H2,2H3,(H,28,29,32,33). The van der Waals surface area contributed by atoms with E-state index in [1.165, 1.54) is 6.08 Å². The second-order valence-electron chi connectivity index (χ2n) is 7.98. The SMILES string of the molecule is C=CCOC(=O)OC1C(COC(=O)CCc2cccnc2)OC(n2ccc(NC(=O)OCC)nc2=O)C1(F)F. The lowest BCUT2D eigenvalue weighted by atomic mass is 10.1. The lowest BCUT2D eigenvalue weighted by Gasteiger charge is -2.23. The predicted molar refractivity (Wildman–Crippen MR) is 128 cm³/mol. The van der Waals surface area contributed by atoms with E-state index in [1.807, 2.05) is 0 Å². The molecule has 0 aliphatic carbocycles. The van der Waals surface area contributed by atoms with E-state index in [4.69, 9.17) is 14.2 Å². The van der Waals surface area contributed by atoms with Crippen molar-refractivity contribution in [3.05, 3.63) is 65.5 Å². The van der Waals surface area contributed by atoms with Crippen molar-refractivity contribution >= 4 is 24.0 Å². The molecule has 0 spiro atoms. The minimum atomic E-state index is -4.00. The Morgan fingerprint density at radius 1 is 1.26 bits per heavy atom. The number of ether oxygens (including phenoxy) is 5. The number of anilines is 1. The molecule has 2 aromatic rings. The number of hydrogen-bond acceptors (Lipinski definition) is 11. The van der Waals surface area contributed by atoms with E-state index in [-0.39, 0.29) is 31.9 Å². The maximum Gasteiger partial charge on any atom is 0.509 e. The first-order valence-corrected chi connectivity index (χ1v) is 11.7. The van der Waals surface area contributed by atoms with E-state index in [0.717, 1.165) is 17.8 Å². The summed E-state index contributed by atoms with van der Waals surface area (Å²) in [5, 5.41) is 2.17. The number of halogens is 2. The van der Waals surface area contributed by atoms with Crippen LogP contribution in [0.3, 0.4) is 0 Å². The zero-order valence-electron chi connectivity index (χ0n) is 20.8. The van der Waals surface area contributed by atoms with Crippen molar-refractivity contribution in [1.29, 1.82) is 0 Å². The van der Waals surface area contributed by atoms with E-state index in [1.54, 1.807) is 31.5 Å². The second kappa shape index (κ2) is 13.4. The van der Waals surface area contributed by atoms with Gasteiger partial charge in [0.05, 0.1) is 6.61 Å². The molecule has 1 fully saturated rings. The average Bonchev–Trinajstić information content (AvgIpc) is 3.15. The Hall–Kier alpha value is -4.40. The third-order valence-electron chi connectivity index (χ3n) is 5.23. The highest BCUT2D eigenvalue weighted by molar-refractivity contribution is 5.83. The highest BCUT2D eigenvalue weighted by Crippen LogP contribution is 2.44. The quantitative estimate of drug-likeness (QED) is 0.248. The summed E-state index contributed by atoms with van der Waals surface area (Å²) >= 11 is 0. The Morgan fingerprint density at radius 2 is 2.05 bits per heavy atom. The van der Waals surface area contributed by atoms with Gasteiger partial charge in [0.25, 0.3) is 0 Å². The molecule has 3 heterocycles. The number of nitrogens with one attached hydrogen (secondary N) is 1. The molecule has 0 aromatic carbocycles. The summed E-state index contributed by atoms with van der Waals surface area (Å²) in [6, 6.07) is 4.51. The molecule has 1 aliphatic heterocycles. The first-order valence-electron chi connectivity index (χ1n) is 11.7. The minimum Gasteiger partial charge on any atom is -0.463 e. The molecule has 1 amide bonds. The lowest BCUT2D eigenvalue weighted by Crippen LogP contribution is -2.45. The van der Waals surface area contributed by atoms with Crippen molar-refractivity contribution < 1.29 is 46.8 Å². The lowest BCUT2D eigenvalue weighted by molar-refractivity contribution is -0.150. The van der Waals surface area contributed by atoms with Gasteiger partial charge in [0.15, 0.2) is 0 Å². The maximum atomic E-state index is 15.5. The van der Waals surface area contributed by atoms with E-state index >= 15 is 8.78 Å². The molecule has 0 saturated carbocycles. The molecule has 3 rings (SSSR count). The number of aryl methyl sites for hydroxylation is 1. The van der Waals surface area contributed by atoms with Gasteiger partial charge < -0.3 is 23.7 Å². The Balaban J connectivity index is 1.75. The summed E-state index contributed by atoms with van der Waals surface area (Å²) in [5.74, 6) is -4.98. The Bertz CT molecular complexity index is 1230. The molecule has 1 N–H and O–H groups in total. The van der Waals surface area contributed by atoms with Gasteiger partial charge in [-0.2, -0.15) is 13.8 Å². The number of nitrogens with zero attached hydrogens (tertiary/aromatic N) is 3. The van der Waals surface area contributed by atoms with Crippen LogP contribution in [0.5, 0.6) is 0 Å². The summed E-state index contributed by atoms with van der Waals surface area (Å²) in [7, 11) is 0. The summed E-state index contributed by atoms with van der Waals surface area (Å²) in [6.07, 6.45) is -3.16. The van der Waals surface area contributed by atoms with Crippen LogP contribution in [0.2, 0.25) is 0 Å². The van der Waals surface area contributed by atoms with Gasteiger partial charge in [-0.05, 0) is 31.0 Å². The fraction of sp³-hybridized carbons (Fsp3) is 0.417. The van der Waals surface area contributed by atoms with E-state index in [2.05, 4.69) is 31.3 Å². The van der Waals surface area contributed by atoms with Crippen LogP contribution in [0.25, 0.3) is 0 Å². The van der Waals surface area contributed by atoms with Gasteiger partial charge in [-0.25, -0.2) is 14.4 Å². The number of carbonyl (C=O) groups excluding carboxylic acids is 3. The largest absolute Gasteiger partial charge is 0.509 e. The van der Waals surface area contributed by atoms with Crippen molar-refractivity contribution in [2.75, 3.05) is 25.1 Å². The van der Waals surface area contributed by atoms with Crippen molar-refractivity contribution in [1.82, 2.24) is 14.5 Å². The molecule has 210 valence electrons. The van der Waals surface area contributed by atoms with Crippen LogP contribution in [0, 0.1) is 0 Å². The van der Waals surface area contributed by atoms with Crippen LogP contribution < -0.4 is 11.0 Å². The fourth-order valence-electron chi connectivity index (χ4n) is 3.49. The van der Waals surface area contributed by atoms with Crippen molar-refractivity contribution in [2.45, 2.75) is 44.1 Å². The molecule has 3 unspecified atom stereocenters. The zero-order valence-corrected chi connectivity index (χ0v) is 20.8. The highest BCUT2D eigenvalue weighted by atomic mass is 19.3. The van der Waals surface area contributed by atoms with E-state index in [9.17, 15) is 19.2 Å². The second-order valence-corrected chi connectivity index (χ2v) is 7.98. The highest BCUT2D eigenvalue weighted by Gasteiger charge is 2.63. The van der Waals surface area contributed by atoms with Crippen LogP contribution in [-0.2, 0) is 34.9 Å². The first kappa shape index (κ1) is 29.2. The van der Waals surface area contributed by atoms with Gasteiger partial charge in [0.2, 0.25) is 12.3 Å². The molecule has 3 atom stereocenters. The van der Waals surface area contributed by atoms with Gasteiger partial charge in [-0.3, -0.25) is 19.7 Å². The number of carbonyl (C=O) groups is 3. The molecular weight excluding hydrogens is 526 g/mol. The zero-order chi connectivity index (χ0) is 28.4. The average molecular weight is 552 g/mol. The Kier molecular flexibility index (Phi) is 10.0. The number of alkyl halides is 2. The van der Waals surface area contributed by atoms with Crippen molar-refractivity contribution in [3.63, 3.8) is 0 Å². The number of aromatic nitrogens is 3. The van der Waals surface area contributed by atoms with Crippen LogP contribution in [0.15, 0.2) is 54.2 Å². The summed E-state index contributed by atoms with van der Waals surface area (Å²) in [6.45, 7) is 3.93. The molecule has 13 nitrogen and oxygen atoms in total. The van der Waals surface area contributed by atoms with Crippen LogP contribution in [-0.4, -0.2) is 70.7 Å². The number of rotatable bonds is 11. The number of pyridine rings is 1. The molecule has 39 heavy (non-hydrogen) atoms. The van der Waals surface area contributed by atoms with Gasteiger partial charge >= 0.3 is 29.8 Å². The molecule has 0 bridgehead atoms. The van der Waals surface area contributed by atoms with Gasteiger partial charge in [0.1, 0.15) is 25.1 Å². The fourth-order valence-corrected chi connectivity index (χ4v) is 3.49. The van der Waals surface area contributed by atoms with Crippen LogP contribution in [0.4, 0.5) is 24.2 Å². The topological polar surface area (TPSA) is 157 Å². The number of amides is 1. The Morgan fingerprint density at radius 3 is 2.72 bits per heavy atom. The van der Waals surface area contributed by atoms with E-state index < -0.39 is 54.9 Å². The normalized spacial score (nSPS) is 19.5. The summed E-state index contributed by atoms with van der Waals surface area (Å²) in [5.41, 5.74) is -0.451. The summed E-state index contributed by atoms with van der Waals surface area (Å²) < 4.78 is 56.0. The molecular formula is C24H26F2N4O9. The smallest absolute Gasteiger partial charge is 0.463 e. The molecule has 2 aromatic heterocycles. The third kappa shape index (κ3) is 7.80. The molecule has 1 aliphatic rings.